The van der Waals surface area contributed by atoms with E-state index in [0.717, 1.165) is 23.9 Å². The van der Waals surface area contributed by atoms with E-state index < -0.39 is 17.6 Å². The Morgan fingerprint density at radius 2 is 2.14 bits per heavy atom. The number of oxime groups is 1. The molecule has 1 aromatic heterocycles. The fourth-order valence-corrected chi connectivity index (χ4v) is 2.37. The Morgan fingerprint density at radius 1 is 1.43 bits per heavy atom. The van der Waals surface area contributed by atoms with Gasteiger partial charge in [-0.25, -0.2) is 0 Å². The van der Waals surface area contributed by atoms with Gasteiger partial charge in [-0.2, -0.15) is 13.2 Å². The van der Waals surface area contributed by atoms with E-state index in [9.17, 15) is 13.2 Å². The number of hydrogen-bond donors (Lipinski definition) is 2. The van der Waals surface area contributed by atoms with E-state index in [0.29, 0.717) is 10.1 Å². The summed E-state index contributed by atoms with van der Waals surface area (Å²) in [6.07, 6.45) is -3.18. The average Bonchev–Trinajstić information content (AvgIpc) is 2.82. The number of aromatic nitrogens is 3. The Balaban J connectivity index is 2.45. The summed E-state index contributed by atoms with van der Waals surface area (Å²) in [7, 11) is 1.68. The third kappa shape index (κ3) is 3.27. The quantitative estimate of drug-likeness (QED) is 0.391. The lowest BCUT2D eigenvalue weighted by molar-refractivity contribution is -0.137. The van der Waals surface area contributed by atoms with Crippen LogP contribution in [0, 0.1) is 0 Å². The van der Waals surface area contributed by atoms with E-state index >= 15 is 0 Å². The Kier molecular flexibility index (Phi) is 4.07. The molecule has 0 amide bonds. The number of benzene rings is 1. The van der Waals surface area contributed by atoms with Crippen molar-refractivity contribution in [2.45, 2.75) is 16.2 Å². The molecule has 6 nitrogen and oxygen atoms in total. The van der Waals surface area contributed by atoms with Crippen molar-refractivity contribution in [1.82, 2.24) is 14.8 Å². The van der Waals surface area contributed by atoms with Gasteiger partial charge in [-0.1, -0.05) is 5.16 Å². The molecule has 1 heterocycles. The predicted octanol–water partition coefficient (Wildman–Crippen LogP) is 2.08. The second-order valence-electron chi connectivity index (χ2n) is 4.02. The van der Waals surface area contributed by atoms with Crippen molar-refractivity contribution in [2.75, 3.05) is 0 Å². The molecule has 0 fully saturated rings. The van der Waals surface area contributed by atoms with Crippen LogP contribution in [-0.4, -0.2) is 25.8 Å². The third-order valence-corrected chi connectivity index (χ3v) is 3.60. The van der Waals surface area contributed by atoms with Gasteiger partial charge in [-0.3, -0.25) is 0 Å². The monoisotopic (exact) mass is 317 g/mol. The van der Waals surface area contributed by atoms with Gasteiger partial charge in [0.2, 0.25) is 0 Å². The topological polar surface area (TPSA) is 89.3 Å². The summed E-state index contributed by atoms with van der Waals surface area (Å²) in [5.74, 6) is -0.600. The molecule has 2 aromatic rings. The van der Waals surface area contributed by atoms with Gasteiger partial charge in [0.25, 0.3) is 0 Å². The summed E-state index contributed by atoms with van der Waals surface area (Å²) in [6.45, 7) is 0. The molecule has 0 aliphatic rings. The zero-order valence-electron chi connectivity index (χ0n) is 10.7. The van der Waals surface area contributed by atoms with E-state index in [-0.39, 0.29) is 5.56 Å². The van der Waals surface area contributed by atoms with Crippen LogP contribution in [0.3, 0.4) is 0 Å². The largest absolute Gasteiger partial charge is 0.417 e. The number of aryl methyl sites for hydroxylation is 1. The molecule has 0 spiro atoms. The highest BCUT2D eigenvalue weighted by Crippen LogP contribution is 2.36. The number of amidine groups is 1. The molecule has 0 bridgehead atoms. The second kappa shape index (κ2) is 5.64. The molecule has 0 saturated carbocycles. The highest BCUT2D eigenvalue weighted by Gasteiger charge is 2.34. The van der Waals surface area contributed by atoms with E-state index in [4.69, 9.17) is 10.9 Å². The van der Waals surface area contributed by atoms with Crippen molar-refractivity contribution < 1.29 is 18.4 Å². The average molecular weight is 317 g/mol. The van der Waals surface area contributed by atoms with Crippen LogP contribution in [-0.2, 0) is 13.2 Å². The second-order valence-corrected chi connectivity index (χ2v) is 5.06. The fraction of sp³-hybridized carbons (Fsp3) is 0.182. The first-order valence-electron chi connectivity index (χ1n) is 5.54. The van der Waals surface area contributed by atoms with Crippen LogP contribution in [0.5, 0.6) is 0 Å². The molecule has 112 valence electrons. The van der Waals surface area contributed by atoms with Gasteiger partial charge < -0.3 is 15.5 Å². The number of rotatable bonds is 3. The molecular formula is C11H10F3N5OS. The van der Waals surface area contributed by atoms with Crippen molar-refractivity contribution in [3.63, 3.8) is 0 Å². The Labute approximate surface area is 121 Å². The van der Waals surface area contributed by atoms with Crippen LogP contribution in [0.25, 0.3) is 0 Å². The Morgan fingerprint density at radius 3 is 2.67 bits per heavy atom. The summed E-state index contributed by atoms with van der Waals surface area (Å²) in [5, 5.41) is 19.0. The normalized spacial score (nSPS) is 12.7. The first kappa shape index (κ1) is 15.2. The molecule has 2 rings (SSSR count). The Hall–Kier alpha value is -2.23. The van der Waals surface area contributed by atoms with Crippen molar-refractivity contribution in [1.29, 1.82) is 0 Å². The SMILES string of the molecule is Cn1cnnc1Sc1ccc(/C(N)=N/O)c(C(F)(F)F)c1. The molecule has 0 atom stereocenters. The molecule has 1 aromatic carbocycles. The standard InChI is InChI=1S/C11H10F3N5OS/c1-19-5-16-17-10(19)21-6-2-3-7(9(15)18-20)8(4-6)11(12,13)14/h2-5,20H,1H3,(H2,15,18). The number of hydrogen-bond acceptors (Lipinski definition) is 5. The van der Waals surface area contributed by atoms with Crippen molar-refractivity contribution >= 4 is 17.6 Å². The maximum atomic E-state index is 13.0. The molecule has 0 saturated heterocycles. The van der Waals surface area contributed by atoms with Gasteiger partial charge >= 0.3 is 6.18 Å². The van der Waals surface area contributed by atoms with Gasteiger partial charge in [-0.05, 0) is 30.0 Å². The first-order chi connectivity index (χ1) is 9.82. The van der Waals surface area contributed by atoms with E-state index in [1.807, 2.05) is 0 Å². The van der Waals surface area contributed by atoms with Gasteiger partial charge in [-0.15, -0.1) is 10.2 Å². The number of halogens is 3. The van der Waals surface area contributed by atoms with Crippen LogP contribution in [0.1, 0.15) is 11.1 Å². The van der Waals surface area contributed by atoms with Crippen molar-refractivity contribution in [3.05, 3.63) is 35.7 Å². The summed E-state index contributed by atoms with van der Waals surface area (Å²) in [5.41, 5.74) is 3.91. The van der Waals surface area contributed by atoms with Crippen LogP contribution in [0.15, 0.2) is 39.7 Å². The van der Waals surface area contributed by atoms with Crippen LogP contribution in [0.2, 0.25) is 0 Å². The summed E-state index contributed by atoms with van der Waals surface area (Å²) >= 11 is 1.03. The maximum Gasteiger partial charge on any atom is 0.417 e. The highest BCUT2D eigenvalue weighted by molar-refractivity contribution is 7.99. The van der Waals surface area contributed by atoms with Gasteiger partial charge in [0, 0.05) is 17.5 Å². The number of alkyl halides is 3. The van der Waals surface area contributed by atoms with E-state index in [1.54, 1.807) is 11.6 Å². The lowest BCUT2D eigenvalue weighted by atomic mass is 10.1. The molecule has 10 heteroatoms. The van der Waals surface area contributed by atoms with Crippen LogP contribution in [0.4, 0.5) is 13.2 Å². The van der Waals surface area contributed by atoms with Gasteiger partial charge in [0.1, 0.15) is 6.33 Å². The smallest absolute Gasteiger partial charge is 0.409 e. The molecule has 0 radical (unpaired) electrons. The van der Waals surface area contributed by atoms with Gasteiger partial charge in [0.15, 0.2) is 11.0 Å². The minimum absolute atomic E-state index is 0.313. The maximum absolute atomic E-state index is 13.0. The lowest BCUT2D eigenvalue weighted by Crippen LogP contribution is -2.20. The minimum Gasteiger partial charge on any atom is -0.409 e. The number of nitrogens with zero attached hydrogens (tertiary/aromatic N) is 4. The molecule has 0 aliphatic heterocycles. The minimum atomic E-state index is -4.62. The van der Waals surface area contributed by atoms with Gasteiger partial charge in [0.05, 0.1) is 5.56 Å². The summed E-state index contributed by atoms with van der Waals surface area (Å²) in [6, 6.07) is 3.51. The van der Waals surface area contributed by atoms with Crippen LogP contribution < -0.4 is 5.73 Å². The Bertz CT molecular complexity index is 683. The number of nitrogens with two attached hydrogens (primary N) is 1. The first-order valence-corrected chi connectivity index (χ1v) is 6.35. The van der Waals surface area contributed by atoms with E-state index in [2.05, 4.69) is 15.4 Å². The molecular weight excluding hydrogens is 307 g/mol. The third-order valence-electron chi connectivity index (χ3n) is 2.56. The molecule has 0 aliphatic carbocycles. The van der Waals surface area contributed by atoms with Crippen molar-refractivity contribution in [3.8, 4) is 0 Å². The summed E-state index contributed by atoms with van der Waals surface area (Å²) < 4.78 is 40.7. The van der Waals surface area contributed by atoms with E-state index in [1.165, 1.54) is 12.4 Å². The zero-order chi connectivity index (χ0) is 15.6. The highest BCUT2D eigenvalue weighted by atomic mass is 32.2. The lowest BCUT2D eigenvalue weighted by Gasteiger charge is -2.13. The zero-order valence-corrected chi connectivity index (χ0v) is 11.5. The fourth-order valence-electron chi connectivity index (χ4n) is 1.57. The summed E-state index contributed by atoms with van der Waals surface area (Å²) in [4.78, 5) is 0.313. The van der Waals surface area contributed by atoms with Crippen molar-refractivity contribution in [2.24, 2.45) is 17.9 Å². The molecule has 0 unspecified atom stereocenters. The van der Waals surface area contributed by atoms with Crippen LogP contribution >= 0.6 is 11.8 Å². The molecule has 21 heavy (non-hydrogen) atoms. The molecule has 3 N–H and O–H groups in total. The predicted molar refractivity (Wildman–Crippen MR) is 69.1 cm³/mol.